The Morgan fingerprint density at radius 1 is 1.14 bits per heavy atom. The second-order valence-corrected chi connectivity index (χ2v) is 5.24. The highest BCUT2D eigenvalue weighted by Crippen LogP contribution is 2.28. The number of aldehydes is 1. The highest BCUT2D eigenvalue weighted by molar-refractivity contribution is 9.10. The number of hydrogen-bond donors (Lipinski definition) is 0. The van der Waals surface area contributed by atoms with Crippen molar-refractivity contribution >= 4 is 28.2 Å². The van der Waals surface area contributed by atoms with Gasteiger partial charge in [0.05, 0.1) is 12.7 Å². The van der Waals surface area contributed by atoms with E-state index in [1.54, 1.807) is 18.2 Å². The van der Waals surface area contributed by atoms with Crippen molar-refractivity contribution < 1.29 is 19.1 Å². The summed E-state index contributed by atoms with van der Waals surface area (Å²) in [5.41, 5.74) is 1.90. The average molecular weight is 349 g/mol. The number of carbonyl (C=O) groups excluding carboxylic acids is 2. The van der Waals surface area contributed by atoms with E-state index in [-0.39, 0.29) is 5.75 Å². The molecular formula is C16H13BrO4. The van der Waals surface area contributed by atoms with Crippen LogP contribution in [0, 0.1) is 6.92 Å². The van der Waals surface area contributed by atoms with Crippen LogP contribution in [0.4, 0.5) is 0 Å². The number of esters is 1. The van der Waals surface area contributed by atoms with Gasteiger partial charge in [-0.1, -0.05) is 22.0 Å². The van der Waals surface area contributed by atoms with Crippen LogP contribution in [0.1, 0.15) is 26.3 Å². The van der Waals surface area contributed by atoms with Crippen molar-refractivity contribution in [3.63, 3.8) is 0 Å². The Labute approximate surface area is 130 Å². The van der Waals surface area contributed by atoms with E-state index in [1.165, 1.54) is 19.2 Å². The summed E-state index contributed by atoms with van der Waals surface area (Å²) in [7, 11) is 1.45. The Morgan fingerprint density at radius 2 is 1.90 bits per heavy atom. The minimum Gasteiger partial charge on any atom is -0.493 e. The molecule has 0 aromatic heterocycles. The standard InChI is InChI=1S/C16H13BrO4/c1-10-3-5-12(8-13(10)17)16(19)21-14-6-4-11(9-18)7-15(14)20-2/h3-9H,1-2H3. The minimum atomic E-state index is -0.493. The van der Waals surface area contributed by atoms with Crippen molar-refractivity contribution in [3.8, 4) is 11.5 Å². The van der Waals surface area contributed by atoms with Gasteiger partial charge in [-0.3, -0.25) is 4.79 Å². The monoisotopic (exact) mass is 348 g/mol. The third kappa shape index (κ3) is 3.49. The van der Waals surface area contributed by atoms with Crippen LogP contribution in [0.5, 0.6) is 11.5 Å². The molecule has 0 radical (unpaired) electrons. The Kier molecular flexibility index (Phi) is 4.75. The SMILES string of the molecule is COc1cc(C=O)ccc1OC(=O)c1ccc(C)c(Br)c1. The number of rotatable bonds is 4. The Hall–Kier alpha value is -2.14. The molecule has 108 valence electrons. The number of hydrogen-bond acceptors (Lipinski definition) is 4. The van der Waals surface area contributed by atoms with Gasteiger partial charge in [-0.15, -0.1) is 0 Å². The molecule has 0 atom stereocenters. The lowest BCUT2D eigenvalue weighted by molar-refractivity contribution is 0.0729. The summed E-state index contributed by atoms with van der Waals surface area (Å²) in [6.07, 6.45) is 0.700. The molecule has 0 fully saturated rings. The number of ether oxygens (including phenoxy) is 2. The third-order valence-electron chi connectivity index (χ3n) is 2.93. The zero-order valence-corrected chi connectivity index (χ0v) is 13.1. The van der Waals surface area contributed by atoms with E-state index in [2.05, 4.69) is 15.9 Å². The molecule has 0 aliphatic heterocycles. The van der Waals surface area contributed by atoms with Gasteiger partial charge in [0.25, 0.3) is 0 Å². The van der Waals surface area contributed by atoms with Crippen molar-refractivity contribution in [2.24, 2.45) is 0 Å². The number of halogens is 1. The first-order valence-corrected chi connectivity index (χ1v) is 6.96. The molecule has 21 heavy (non-hydrogen) atoms. The first kappa shape index (κ1) is 15.3. The predicted molar refractivity (Wildman–Crippen MR) is 82.2 cm³/mol. The van der Waals surface area contributed by atoms with E-state index in [0.29, 0.717) is 23.2 Å². The van der Waals surface area contributed by atoms with Crippen LogP contribution in [0.2, 0.25) is 0 Å². The van der Waals surface area contributed by atoms with Gasteiger partial charge in [0.1, 0.15) is 6.29 Å². The van der Waals surface area contributed by atoms with Crippen molar-refractivity contribution in [1.82, 2.24) is 0 Å². The first-order valence-electron chi connectivity index (χ1n) is 6.16. The largest absolute Gasteiger partial charge is 0.493 e. The van der Waals surface area contributed by atoms with E-state index < -0.39 is 5.97 Å². The van der Waals surface area contributed by atoms with Crippen LogP contribution in [0.3, 0.4) is 0 Å². The van der Waals surface area contributed by atoms with Gasteiger partial charge in [-0.05, 0) is 42.8 Å². The summed E-state index contributed by atoms with van der Waals surface area (Å²) in [4.78, 5) is 22.9. The second kappa shape index (κ2) is 6.54. The molecule has 2 aromatic rings. The summed E-state index contributed by atoms with van der Waals surface area (Å²) in [6.45, 7) is 1.93. The molecule has 5 heteroatoms. The quantitative estimate of drug-likeness (QED) is 0.479. The Morgan fingerprint density at radius 3 is 2.52 bits per heavy atom. The molecule has 0 unspecified atom stereocenters. The second-order valence-electron chi connectivity index (χ2n) is 4.38. The fraction of sp³-hybridized carbons (Fsp3) is 0.125. The molecule has 0 spiro atoms. The third-order valence-corrected chi connectivity index (χ3v) is 3.79. The zero-order valence-electron chi connectivity index (χ0n) is 11.6. The van der Waals surface area contributed by atoms with Crippen LogP contribution < -0.4 is 9.47 Å². The van der Waals surface area contributed by atoms with Gasteiger partial charge in [0.15, 0.2) is 11.5 Å². The van der Waals surface area contributed by atoms with Gasteiger partial charge in [0, 0.05) is 10.0 Å². The highest BCUT2D eigenvalue weighted by atomic mass is 79.9. The van der Waals surface area contributed by atoms with Crippen molar-refractivity contribution in [3.05, 3.63) is 57.6 Å². The van der Waals surface area contributed by atoms with Crippen LogP contribution in [0.25, 0.3) is 0 Å². The van der Waals surface area contributed by atoms with Gasteiger partial charge < -0.3 is 9.47 Å². The molecule has 0 aliphatic rings. The van der Waals surface area contributed by atoms with Crippen molar-refractivity contribution in [2.75, 3.05) is 7.11 Å². The summed E-state index contributed by atoms with van der Waals surface area (Å²) >= 11 is 3.38. The normalized spacial score (nSPS) is 10.0. The molecule has 2 aromatic carbocycles. The van der Waals surface area contributed by atoms with Crippen LogP contribution in [-0.4, -0.2) is 19.4 Å². The van der Waals surface area contributed by atoms with Gasteiger partial charge in [-0.2, -0.15) is 0 Å². The van der Waals surface area contributed by atoms with Gasteiger partial charge >= 0.3 is 5.97 Å². The molecule has 0 heterocycles. The Bertz CT molecular complexity index is 695. The fourth-order valence-corrected chi connectivity index (χ4v) is 2.10. The van der Waals surface area contributed by atoms with E-state index in [9.17, 15) is 9.59 Å². The summed E-state index contributed by atoms with van der Waals surface area (Å²) in [6, 6.07) is 9.82. The lowest BCUT2D eigenvalue weighted by atomic mass is 10.1. The molecule has 0 saturated heterocycles. The Balaban J connectivity index is 2.26. The van der Waals surface area contributed by atoms with Crippen molar-refractivity contribution in [2.45, 2.75) is 6.92 Å². The molecule has 0 bridgehead atoms. The number of methoxy groups -OCH3 is 1. The fourth-order valence-electron chi connectivity index (χ4n) is 1.72. The first-order chi connectivity index (χ1) is 10.0. The number of aryl methyl sites for hydroxylation is 1. The molecule has 2 rings (SSSR count). The summed E-state index contributed by atoms with van der Waals surface area (Å²) in [5.74, 6) is 0.108. The molecule has 4 nitrogen and oxygen atoms in total. The predicted octanol–water partition coefficient (Wildman–Crippen LogP) is 3.80. The van der Waals surface area contributed by atoms with E-state index in [1.807, 2.05) is 13.0 Å². The summed E-state index contributed by atoms with van der Waals surface area (Å²) in [5, 5.41) is 0. The van der Waals surface area contributed by atoms with Crippen molar-refractivity contribution in [1.29, 1.82) is 0 Å². The topological polar surface area (TPSA) is 52.6 Å². The van der Waals surface area contributed by atoms with Crippen LogP contribution in [0.15, 0.2) is 40.9 Å². The van der Waals surface area contributed by atoms with E-state index >= 15 is 0 Å². The molecule has 0 N–H and O–H groups in total. The lowest BCUT2D eigenvalue weighted by Crippen LogP contribution is -2.09. The molecular weight excluding hydrogens is 336 g/mol. The molecule has 0 amide bonds. The van der Waals surface area contributed by atoms with Gasteiger partial charge in [0.2, 0.25) is 0 Å². The maximum Gasteiger partial charge on any atom is 0.343 e. The average Bonchev–Trinajstić information content (AvgIpc) is 2.50. The molecule has 0 aliphatic carbocycles. The minimum absolute atomic E-state index is 0.268. The molecule has 0 saturated carbocycles. The number of benzene rings is 2. The maximum absolute atomic E-state index is 12.1. The number of carbonyl (C=O) groups is 2. The maximum atomic E-state index is 12.1. The lowest BCUT2D eigenvalue weighted by Gasteiger charge is -2.10. The smallest absolute Gasteiger partial charge is 0.343 e. The zero-order chi connectivity index (χ0) is 15.4. The van der Waals surface area contributed by atoms with Crippen LogP contribution in [-0.2, 0) is 0 Å². The van der Waals surface area contributed by atoms with E-state index in [4.69, 9.17) is 9.47 Å². The summed E-state index contributed by atoms with van der Waals surface area (Å²) < 4.78 is 11.3. The highest BCUT2D eigenvalue weighted by Gasteiger charge is 2.13. The van der Waals surface area contributed by atoms with E-state index in [0.717, 1.165) is 10.0 Å². The van der Waals surface area contributed by atoms with Gasteiger partial charge in [-0.25, -0.2) is 4.79 Å². The van der Waals surface area contributed by atoms with Crippen LogP contribution >= 0.6 is 15.9 Å².